The van der Waals surface area contributed by atoms with E-state index < -0.39 is 0 Å². The summed E-state index contributed by atoms with van der Waals surface area (Å²) in [5, 5.41) is 14.9. The van der Waals surface area contributed by atoms with E-state index in [2.05, 4.69) is 117 Å². The first-order valence-electron chi connectivity index (χ1n) is 10.1. The maximum atomic E-state index is 3.64. The van der Waals surface area contributed by atoms with Crippen LogP contribution < -0.4 is 0 Å². The molecule has 0 aliphatic carbocycles. The fraction of sp³-hybridized carbons (Fsp3) is 0.0714. The third kappa shape index (κ3) is 2.71. The molecule has 30 heavy (non-hydrogen) atoms. The molecule has 6 aromatic carbocycles. The molecule has 144 valence electrons. The average Bonchev–Trinajstić information content (AvgIpc) is 2.82. The molecule has 0 N–H and O–H groups in total. The van der Waals surface area contributed by atoms with Crippen LogP contribution in [0.25, 0.3) is 53.9 Å². The van der Waals surface area contributed by atoms with Gasteiger partial charge in [0.25, 0.3) is 0 Å². The van der Waals surface area contributed by atoms with E-state index >= 15 is 0 Å². The van der Waals surface area contributed by atoms with Crippen LogP contribution in [0.5, 0.6) is 0 Å². The molecule has 0 heterocycles. The van der Waals surface area contributed by atoms with Gasteiger partial charge < -0.3 is 0 Å². The molecule has 0 bridgehead atoms. The third-order valence-electron chi connectivity index (χ3n) is 6.22. The number of fused-ring (bicyclic) bond motifs is 9. The van der Waals surface area contributed by atoms with Crippen LogP contribution in [-0.2, 0) is 10.7 Å². The number of rotatable bonds is 2. The minimum atomic E-state index is 0.863. The van der Waals surface area contributed by atoms with Gasteiger partial charge in [0.05, 0.1) is 0 Å². The molecule has 0 aliphatic heterocycles. The zero-order valence-electron chi connectivity index (χ0n) is 16.3. The molecule has 0 saturated heterocycles. The molecule has 0 saturated carbocycles. The van der Waals surface area contributed by atoms with Crippen molar-refractivity contribution in [2.75, 3.05) is 0 Å². The lowest BCUT2D eigenvalue weighted by molar-refractivity contribution is 1.47. The lowest BCUT2D eigenvalue weighted by Gasteiger charge is -2.14. The Morgan fingerprint density at radius 2 is 0.733 bits per heavy atom. The lowest BCUT2D eigenvalue weighted by Crippen LogP contribution is -1.87. The predicted octanol–water partition coefficient (Wildman–Crippen LogP) is 9.24. The van der Waals surface area contributed by atoms with Crippen molar-refractivity contribution >= 4 is 85.7 Å². The van der Waals surface area contributed by atoms with Gasteiger partial charge in [-0.2, -0.15) is 0 Å². The van der Waals surface area contributed by atoms with Crippen molar-refractivity contribution in [1.82, 2.24) is 0 Å². The Balaban J connectivity index is 1.94. The minimum Gasteiger partial charge on any atom is -0.0876 e. The van der Waals surface area contributed by atoms with Gasteiger partial charge in [-0.15, -0.1) is 0 Å². The Hall–Kier alpha value is -2.42. The first-order valence-corrected chi connectivity index (χ1v) is 12.4. The van der Waals surface area contributed by atoms with Gasteiger partial charge in [0.15, 0.2) is 0 Å². The highest BCUT2D eigenvalue weighted by atomic mass is 79.9. The second-order valence-electron chi connectivity index (χ2n) is 7.93. The summed E-state index contributed by atoms with van der Waals surface area (Å²) in [6, 6.07) is 31.7. The largest absolute Gasteiger partial charge is 0.0876 e. The number of alkyl halides is 2. The van der Waals surface area contributed by atoms with E-state index in [1.54, 1.807) is 0 Å². The standard InChI is InChI=1S/C28H18Br2/c29-15-17-1-3-19-5-7-21-9-11-23-12-10-22-8-6-20-4-2-18(16-30)14-25(20)27(22)28(23)26(21)24(19)13-17/h1-14H,15-16H2. The third-order valence-corrected chi connectivity index (χ3v) is 7.51. The Morgan fingerprint density at radius 1 is 0.400 bits per heavy atom. The molecule has 0 unspecified atom stereocenters. The van der Waals surface area contributed by atoms with Gasteiger partial charge in [-0.05, 0) is 77.1 Å². The maximum absolute atomic E-state index is 3.64. The summed E-state index contributed by atoms with van der Waals surface area (Å²) < 4.78 is 0. The number of hydrogen-bond donors (Lipinski definition) is 0. The Kier molecular flexibility index (Phi) is 4.33. The summed E-state index contributed by atoms with van der Waals surface area (Å²) in [6.07, 6.45) is 0. The van der Waals surface area contributed by atoms with Gasteiger partial charge in [-0.3, -0.25) is 0 Å². The van der Waals surface area contributed by atoms with E-state index in [4.69, 9.17) is 0 Å². The number of benzene rings is 6. The van der Waals surface area contributed by atoms with Crippen molar-refractivity contribution in [2.24, 2.45) is 0 Å². The van der Waals surface area contributed by atoms with Crippen molar-refractivity contribution in [2.45, 2.75) is 10.7 Å². The first kappa shape index (κ1) is 18.4. The van der Waals surface area contributed by atoms with Crippen molar-refractivity contribution in [3.05, 3.63) is 96.1 Å². The Labute approximate surface area is 191 Å². The van der Waals surface area contributed by atoms with Crippen LogP contribution in [0.1, 0.15) is 11.1 Å². The van der Waals surface area contributed by atoms with Crippen LogP contribution in [0.2, 0.25) is 0 Å². The van der Waals surface area contributed by atoms with E-state index in [0.29, 0.717) is 0 Å². The smallest absolute Gasteiger partial charge is 0.0283 e. The number of hydrogen-bond acceptors (Lipinski definition) is 0. The molecule has 6 aromatic rings. The van der Waals surface area contributed by atoms with Gasteiger partial charge >= 0.3 is 0 Å². The summed E-state index contributed by atoms with van der Waals surface area (Å²) in [6.45, 7) is 0. The van der Waals surface area contributed by atoms with Gasteiger partial charge in [0, 0.05) is 10.7 Å². The monoisotopic (exact) mass is 512 g/mol. The fourth-order valence-electron chi connectivity index (χ4n) is 4.76. The predicted molar refractivity (Wildman–Crippen MR) is 139 cm³/mol. The van der Waals surface area contributed by atoms with Crippen LogP contribution >= 0.6 is 31.9 Å². The fourth-order valence-corrected chi connectivity index (χ4v) is 5.46. The maximum Gasteiger partial charge on any atom is 0.0283 e. The minimum absolute atomic E-state index is 0.863. The summed E-state index contributed by atoms with van der Waals surface area (Å²) in [7, 11) is 0. The van der Waals surface area contributed by atoms with Crippen LogP contribution in [0.4, 0.5) is 0 Å². The molecular formula is C28H18Br2. The average molecular weight is 514 g/mol. The Morgan fingerprint density at radius 3 is 1.13 bits per heavy atom. The highest BCUT2D eigenvalue weighted by Gasteiger charge is 2.12. The zero-order valence-corrected chi connectivity index (χ0v) is 19.4. The molecule has 0 amide bonds. The van der Waals surface area contributed by atoms with Gasteiger partial charge in [-0.25, -0.2) is 0 Å². The molecule has 2 heteroatoms. The molecule has 0 radical (unpaired) electrons. The van der Waals surface area contributed by atoms with Gasteiger partial charge in [0.2, 0.25) is 0 Å². The normalized spacial score (nSPS) is 11.9. The summed E-state index contributed by atoms with van der Waals surface area (Å²) in [5.41, 5.74) is 2.61. The molecular weight excluding hydrogens is 496 g/mol. The van der Waals surface area contributed by atoms with E-state index in [-0.39, 0.29) is 0 Å². The van der Waals surface area contributed by atoms with E-state index in [0.717, 1.165) is 10.7 Å². The van der Waals surface area contributed by atoms with Gasteiger partial charge in [-0.1, -0.05) is 105 Å². The molecule has 0 fully saturated rings. The SMILES string of the molecule is BrCc1ccc2ccc3ccc4ccc5ccc6ccc(CBr)cc6c5c4c3c2c1. The molecule has 0 spiro atoms. The summed E-state index contributed by atoms with van der Waals surface area (Å²) >= 11 is 7.28. The van der Waals surface area contributed by atoms with E-state index in [9.17, 15) is 0 Å². The molecule has 0 aromatic heterocycles. The Bertz CT molecular complexity index is 1480. The van der Waals surface area contributed by atoms with Crippen LogP contribution in [-0.4, -0.2) is 0 Å². The summed E-state index contributed by atoms with van der Waals surface area (Å²) in [4.78, 5) is 0. The van der Waals surface area contributed by atoms with Crippen molar-refractivity contribution in [3.63, 3.8) is 0 Å². The van der Waals surface area contributed by atoms with Gasteiger partial charge in [0.1, 0.15) is 0 Å². The topological polar surface area (TPSA) is 0 Å². The lowest BCUT2D eigenvalue weighted by atomic mass is 9.90. The van der Waals surface area contributed by atoms with Crippen LogP contribution in [0.15, 0.2) is 84.9 Å². The van der Waals surface area contributed by atoms with E-state index in [1.807, 2.05) is 0 Å². The molecule has 6 rings (SSSR count). The molecule has 0 atom stereocenters. The van der Waals surface area contributed by atoms with Crippen molar-refractivity contribution in [3.8, 4) is 0 Å². The molecule has 0 aliphatic rings. The number of halogens is 2. The van der Waals surface area contributed by atoms with Crippen LogP contribution in [0, 0.1) is 0 Å². The first-order chi connectivity index (χ1) is 14.8. The highest BCUT2D eigenvalue weighted by Crippen LogP contribution is 2.40. The van der Waals surface area contributed by atoms with Crippen molar-refractivity contribution in [1.29, 1.82) is 0 Å². The zero-order chi connectivity index (χ0) is 20.2. The van der Waals surface area contributed by atoms with Crippen molar-refractivity contribution < 1.29 is 0 Å². The quantitative estimate of drug-likeness (QED) is 0.160. The summed E-state index contributed by atoms with van der Waals surface area (Å²) in [5.74, 6) is 0. The second-order valence-corrected chi connectivity index (χ2v) is 9.06. The van der Waals surface area contributed by atoms with E-state index in [1.165, 1.54) is 65.0 Å². The second kappa shape index (κ2) is 7.08. The molecule has 0 nitrogen and oxygen atoms in total. The highest BCUT2D eigenvalue weighted by molar-refractivity contribution is 9.08. The van der Waals surface area contributed by atoms with Crippen LogP contribution in [0.3, 0.4) is 0 Å².